The zero-order valence-electron chi connectivity index (χ0n) is 7.90. The van der Waals surface area contributed by atoms with Crippen LogP contribution >= 0.6 is 11.3 Å². The van der Waals surface area contributed by atoms with Gasteiger partial charge in [-0.2, -0.15) is 0 Å². The highest BCUT2D eigenvalue weighted by atomic mass is 32.1. The Kier molecular flexibility index (Phi) is 1.82. The highest BCUT2D eigenvalue weighted by molar-refractivity contribution is 7.20. The molecule has 1 fully saturated rings. The van der Waals surface area contributed by atoms with E-state index in [1.165, 1.54) is 6.42 Å². The first kappa shape index (κ1) is 8.91. The zero-order valence-corrected chi connectivity index (χ0v) is 8.71. The second kappa shape index (κ2) is 3.06. The van der Waals surface area contributed by atoms with E-state index in [1.54, 1.807) is 6.07 Å². The Labute approximate surface area is 89.5 Å². The quantitative estimate of drug-likeness (QED) is 0.850. The smallest absolute Gasteiger partial charge is 0.346 e. The van der Waals surface area contributed by atoms with Gasteiger partial charge in [-0.25, -0.2) is 4.79 Å². The molecule has 2 heterocycles. The summed E-state index contributed by atoms with van der Waals surface area (Å²) in [6.45, 7) is 0. The second-order valence-electron chi connectivity index (χ2n) is 3.81. The molecule has 1 aliphatic carbocycles. The number of hydrogen-bond acceptors (Lipinski definition) is 4. The van der Waals surface area contributed by atoms with Crippen molar-refractivity contribution in [1.29, 1.82) is 0 Å². The molecule has 4 nitrogen and oxygen atoms in total. The van der Waals surface area contributed by atoms with Crippen LogP contribution in [-0.2, 0) is 0 Å². The Hall–Kier alpha value is -1.36. The van der Waals surface area contributed by atoms with Gasteiger partial charge in [0.05, 0.1) is 11.1 Å². The topological polar surface area (TPSA) is 63.3 Å². The van der Waals surface area contributed by atoms with Gasteiger partial charge in [-0.05, 0) is 18.9 Å². The molecule has 78 valence electrons. The van der Waals surface area contributed by atoms with Gasteiger partial charge >= 0.3 is 5.97 Å². The molecule has 0 radical (unpaired) electrons. The predicted octanol–water partition coefficient (Wildman–Crippen LogP) is 2.86. The fourth-order valence-electron chi connectivity index (χ4n) is 1.84. The van der Waals surface area contributed by atoms with Crippen molar-refractivity contribution in [2.75, 3.05) is 0 Å². The van der Waals surface area contributed by atoms with Crippen LogP contribution in [0.3, 0.4) is 0 Å². The summed E-state index contributed by atoms with van der Waals surface area (Å²) in [6.07, 6.45) is 3.51. The number of hydrogen-bond donors (Lipinski definition) is 1. The molecule has 0 bridgehead atoms. The minimum absolute atomic E-state index is 0.326. The molecule has 0 atom stereocenters. The van der Waals surface area contributed by atoms with E-state index in [-0.39, 0.29) is 0 Å². The van der Waals surface area contributed by atoms with Gasteiger partial charge < -0.3 is 9.63 Å². The maximum absolute atomic E-state index is 10.8. The largest absolute Gasteiger partial charge is 0.477 e. The summed E-state index contributed by atoms with van der Waals surface area (Å²) in [7, 11) is 0. The molecule has 1 saturated carbocycles. The van der Waals surface area contributed by atoms with Crippen molar-refractivity contribution in [3.63, 3.8) is 0 Å². The summed E-state index contributed by atoms with van der Waals surface area (Å²) < 4.78 is 5.14. The maximum Gasteiger partial charge on any atom is 0.346 e. The van der Waals surface area contributed by atoms with Gasteiger partial charge in [0.2, 0.25) is 4.90 Å². The van der Waals surface area contributed by atoms with Gasteiger partial charge in [-0.1, -0.05) is 22.9 Å². The van der Waals surface area contributed by atoms with E-state index in [4.69, 9.17) is 9.63 Å². The van der Waals surface area contributed by atoms with Gasteiger partial charge in [0.1, 0.15) is 4.88 Å². The van der Waals surface area contributed by atoms with Crippen LogP contribution in [0.4, 0.5) is 0 Å². The lowest BCUT2D eigenvalue weighted by Crippen LogP contribution is -2.09. The second-order valence-corrected chi connectivity index (χ2v) is 4.83. The van der Waals surface area contributed by atoms with Crippen LogP contribution in [0, 0.1) is 0 Å². The Morgan fingerprint density at radius 1 is 1.60 bits per heavy atom. The Bertz CT molecular complexity index is 524. The summed E-state index contributed by atoms with van der Waals surface area (Å²) in [4.78, 5) is 11.7. The number of carboxylic acids is 1. The maximum atomic E-state index is 10.8. The van der Waals surface area contributed by atoms with Crippen molar-refractivity contribution in [1.82, 2.24) is 5.16 Å². The lowest BCUT2D eigenvalue weighted by atomic mass is 9.82. The Morgan fingerprint density at radius 2 is 2.40 bits per heavy atom. The number of aromatic carboxylic acids is 1. The Balaban J connectivity index is 2.11. The van der Waals surface area contributed by atoms with E-state index in [0.717, 1.165) is 35.3 Å². The monoisotopic (exact) mass is 223 g/mol. The van der Waals surface area contributed by atoms with Crippen LogP contribution in [0.2, 0.25) is 0 Å². The molecule has 0 unspecified atom stereocenters. The molecular weight excluding hydrogens is 214 g/mol. The molecule has 0 amide bonds. The van der Waals surface area contributed by atoms with Gasteiger partial charge in [0, 0.05) is 5.92 Å². The summed E-state index contributed by atoms with van der Waals surface area (Å²) >= 11 is 1.15. The normalized spacial score (nSPS) is 16.8. The summed E-state index contributed by atoms with van der Waals surface area (Å²) in [5.74, 6) is -0.423. The number of carbonyl (C=O) groups is 1. The SMILES string of the molecule is O=C(O)c1cc2c(C3CCC3)noc2s1. The predicted molar refractivity (Wildman–Crippen MR) is 55.4 cm³/mol. The first-order chi connectivity index (χ1) is 7.25. The fourth-order valence-corrected chi connectivity index (χ4v) is 2.65. The third-order valence-corrected chi connectivity index (χ3v) is 3.90. The molecule has 1 N–H and O–H groups in total. The highest BCUT2D eigenvalue weighted by Gasteiger charge is 2.26. The van der Waals surface area contributed by atoms with Gasteiger partial charge in [0.25, 0.3) is 0 Å². The van der Waals surface area contributed by atoms with Crippen molar-refractivity contribution in [2.24, 2.45) is 0 Å². The van der Waals surface area contributed by atoms with Crippen LogP contribution in [0.25, 0.3) is 10.3 Å². The standard InChI is InChI=1S/C10H9NO3S/c12-9(13)7-4-6-8(5-2-1-3-5)11-14-10(6)15-7/h4-5H,1-3H2,(H,12,13). The average Bonchev–Trinajstić information content (AvgIpc) is 2.63. The van der Waals surface area contributed by atoms with Crippen LogP contribution in [-0.4, -0.2) is 16.2 Å². The number of rotatable bonds is 2. The minimum Gasteiger partial charge on any atom is -0.477 e. The van der Waals surface area contributed by atoms with Crippen molar-refractivity contribution in [3.05, 3.63) is 16.6 Å². The molecule has 0 spiro atoms. The summed E-state index contributed by atoms with van der Waals surface area (Å²) in [5, 5.41) is 13.8. The first-order valence-corrected chi connectivity index (χ1v) is 5.70. The fraction of sp³-hybridized carbons (Fsp3) is 0.400. The van der Waals surface area contributed by atoms with Crippen LogP contribution in [0.15, 0.2) is 10.6 Å². The number of aromatic nitrogens is 1. The molecule has 1 aliphatic rings. The van der Waals surface area contributed by atoms with Crippen molar-refractivity contribution in [2.45, 2.75) is 25.2 Å². The lowest BCUT2D eigenvalue weighted by Gasteiger charge is -2.22. The molecule has 0 aromatic carbocycles. The molecule has 0 saturated heterocycles. The average molecular weight is 223 g/mol. The number of nitrogens with zero attached hydrogens (tertiary/aromatic N) is 1. The number of carboxylic acid groups (broad SMARTS) is 1. The van der Waals surface area contributed by atoms with E-state index in [0.29, 0.717) is 15.7 Å². The van der Waals surface area contributed by atoms with E-state index >= 15 is 0 Å². The molecule has 15 heavy (non-hydrogen) atoms. The zero-order chi connectivity index (χ0) is 10.4. The Morgan fingerprint density at radius 3 is 3.00 bits per heavy atom. The van der Waals surface area contributed by atoms with Crippen molar-refractivity contribution in [3.8, 4) is 0 Å². The number of thiophene rings is 1. The van der Waals surface area contributed by atoms with Crippen molar-refractivity contribution < 1.29 is 14.4 Å². The van der Waals surface area contributed by atoms with E-state index in [2.05, 4.69) is 5.16 Å². The van der Waals surface area contributed by atoms with E-state index < -0.39 is 5.97 Å². The van der Waals surface area contributed by atoms with E-state index in [9.17, 15) is 4.79 Å². The number of fused-ring (bicyclic) bond motifs is 1. The molecule has 5 heteroatoms. The third kappa shape index (κ3) is 1.26. The van der Waals surface area contributed by atoms with Gasteiger partial charge in [-0.3, -0.25) is 0 Å². The minimum atomic E-state index is -0.897. The van der Waals surface area contributed by atoms with Gasteiger partial charge in [0.15, 0.2) is 0 Å². The van der Waals surface area contributed by atoms with Crippen LogP contribution in [0.5, 0.6) is 0 Å². The van der Waals surface area contributed by atoms with Crippen molar-refractivity contribution >= 4 is 27.6 Å². The summed E-state index contributed by atoms with van der Waals surface area (Å²) in [6, 6.07) is 1.67. The summed E-state index contributed by atoms with van der Waals surface area (Å²) in [5.41, 5.74) is 0.944. The van der Waals surface area contributed by atoms with Crippen LogP contribution in [0.1, 0.15) is 40.5 Å². The third-order valence-electron chi connectivity index (χ3n) is 2.90. The first-order valence-electron chi connectivity index (χ1n) is 4.88. The van der Waals surface area contributed by atoms with E-state index in [1.807, 2.05) is 0 Å². The van der Waals surface area contributed by atoms with Crippen LogP contribution < -0.4 is 0 Å². The molecular formula is C10H9NO3S. The molecule has 2 aromatic heterocycles. The highest BCUT2D eigenvalue weighted by Crippen LogP contribution is 2.41. The van der Waals surface area contributed by atoms with Gasteiger partial charge in [-0.15, -0.1) is 0 Å². The lowest BCUT2D eigenvalue weighted by molar-refractivity contribution is 0.0702. The molecule has 0 aliphatic heterocycles. The molecule has 2 aromatic rings. The molecule has 3 rings (SSSR count).